The molecule has 0 spiro atoms. The highest BCUT2D eigenvalue weighted by molar-refractivity contribution is 7.62. The van der Waals surface area contributed by atoms with E-state index in [4.69, 9.17) is 18.5 Å². The van der Waals surface area contributed by atoms with Crippen LogP contribution in [0, 0.1) is 13.8 Å². The number of hydrogen-bond donors (Lipinski definition) is 0. The van der Waals surface area contributed by atoms with E-state index < -0.39 is 7.60 Å². The van der Waals surface area contributed by atoms with Crippen LogP contribution >= 0.6 is 16.8 Å². The van der Waals surface area contributed by atoms with Crippen LogP contribution in [0.3, 0.4) is 0 Å². The summed E-state index contributed by atoms with van der Waals surface area (Å²) in [6, 6.07) is 17.8. The largest absolute Gasteiger partial charge is 0.496 e. The van der Waals surface area contributed by atoms with Gasteiger partial charge in [-0.1, -0.05) is 107 Å². The number of aryl methyl sites for hydroxylation is 2. The van der Waals surface area contributed by atoms with Gasteiger partial charge in [-0.2, -0.15) is 0 Å². The molecule has 0 bridgehead atoms. The molecule has 0 N–H and O–H groups in total. The highest BCUT2D eigenvalue weighted by Gasteiger charge is 2.33. The summed E-state index contributed by atoms with van der Waals surface area (Å²) in [5.74, 6) is 4.16. The van der Waals surface area contributed by atoms with E-state index in [1.807, 2.05) is 26.8 Å². The molecular weight excluding hydrogens is 742 g/mol. The van der Waals surface area contributed by atoms with Crippen LogP contribution in [0.5, 0.6) is 11.5 Å². The lowest BCUT2D eigenvalue weighted by Crippen LogP contribution is -2.17. The zero-order chi connectivity index (χ0) is 43.1. The maximum absolute atomic E-state index is 14.0. The number of ether oxygens (including phenoxy) is 2. The molecule has 4 aromatic carbocycles. The van der Waals surface area contributed by atoms with Crippen molar-refractivity contribution in [1.82, 2.24) is 0 Å². The molecule has 314 valence electrons. The minimum atomic E-state index is -3.55. The third kappa shape index (κ3) is 11.2. The lowest BCUT2D eigenvalue weighted by atomic mass is 9.81. The first kappa shape index (κ1) is 48.4. The first-order chi connectivity index (χ1) is 26.7. The van der Waals surface area contributed by atoms with Crippen LogP contribution < -0.4 is 20.1 Å². The quantitative estimate of drug-likeness (QED) is 0.112. The zero-order valence-electron chi connectivity index (χ0n) is 38.6. The van der Waals surface area contributed by atoms with Crippen molar-refractivity contribution >= 4 is 27.4 Å². The van der Waals surface area contributed by atoms with Gasteiger partial charge in [0.1, 0.15) is 11.5 Å². The minimum absolute atomic E-state index is 0.299. The van der Waals surface area contributed by atoms with Gasteiger partial charge in [-0.05, 0) is 160 Å². The molecule has 0 amide bonds. The third-order valence-corrected chi connectivity index (χ3v) is 13.4. The summed E-state index contributed by atoms with van der Waals surface area (Å²) in [7, 11) is 2.73. The molecule has 4 rings (SSSR count). The van der Waals surface area contributed by atoms with Gasteiger partial charge in [-0.3, -0.25) is 4.57 Å². The summed E-state index contributed by atoms with van der Waals surface area (Å²) >= 11 is 0. The van der Waals surface area contributed by atoms with Crippen LogP contribution in [-0.4, -0.2) is 27.4 Å². The molecule has 0 saturated heterocycles. The maximum Gasteiger partial charge on any atom is 0.362 e. The van der Waals surface area contributed by atoms with E-state index in [1.165, 1.54) is 55.4 Å². The number of hydrogen-bond acceptors (Lipinski definition) is 5. The number of methoxy groups -OCH3 is 2. The number of rotatable bonds is 15. The lowest BCUT2D eigenvalue weighted by molar-refractivity contribution is 0.230. The van der Waals surface area contributed by atoms with Crippen LogP contribution in [0.15, 0.2) is 48.5 Å². The lowest BCUT2D eigenvalue weighted by Gasteiger charge is -2.27. The Bertz CT molecular complexity index is 1950. The van der Waals surface area contributed by atoms with E-state index in [0.29, 0.717) is 59.8 Å². The van der Waals surface area contributed by atoms with Crippen LogP contribution in [0.2, 0.25) is 0 Å². The molecule has 0 radical (unpaired) electrons. The average Bonchev–Trinajstić information content (AvgIpc) is 3.14. The van der Waals surface area contributed by atoms with Crippen molar-refractivity contribution in [2.24, 2.45) is 0 Å². The first-order valence-electron chi connectivity index (χ1n) is 21.1. The van der Waals surface area contributed by atoms with Gasteiger partial charge in [0.15, 0.2) is 0 Å². The standard InChI is InChI=1S/C27H41O4P.C23H33OP/c1-11-30-32(28,31-12-2)26-16-25(29-10)20(9)13-24(26)27-22(18(5)6)14-21(17(3)4)15-23(27)19(7)8;1-13(2)17-10-18(14(3)4)23(19(11-17)15(5)6)20-9-16(7)21(24-8)12-22(20)25/h13-19H,11-12H2,1-10H3;9-15H,25H2,1-8H3. The smallest absolute Gasteiger partial charge is 0.362 e. The molecular formula is C50H74O5P2. The van der Waals surface area contributed by atoms with Crippen molar-refractivity contribution in [2.45, 2.75) is 146 Å². The fourth-order valence-corrected chi connectivity index (χ4v) is 9.67. The van der Waals surface area contributed by atoms with Gasteiger partial charge in [0.2, 0.25) is 0 Å². The van der Waals surface area contributed by atoms with Crippen LogP contribution in [0.25, 0.3) is 22.3 Å². The van der Waals surface area contributed by atoms with Gasteiger partial charge in [-0.15, -0.1) is 9.24 Å². The normalized spacial score (nSPS) is 12.0. The highest BCUT2D eigenvalue weighted by atomic mass is 31.2. The fraction of sp³-hybridized carbons (Fsp3) is 0.520. The highest BCUT2D eigenvalue weighted by Crippen LogP contribution is 2.52. The van der Waals surface area contributed by atoms with Crippen molar-refractivity contribution in [3.63, 3.8) is 0 Å². The van der Waals surface area contributed by atoms with Crippen molar-refractivity contribution in [2.75, 3.05) is 27.4 Å². The molecule has 7 heteroatoms. The zero-order valence-corrected chi connectivity index (χ0v) is 40.6. The second-order valence-electron chi connectivity index (χ2n) is 17.2. The van der Waals surface area contributed by atoms with Crippen LogP contribution in [0.4, 0.5) is 0 Å². The summed E-state index contributed by atoms with van der Waals surface area (Å²) in [5.41, 5.74) is 15.1. The molecule has 0 fully saturated rings. The molecule has 0 aliphatic heterocycles. The molecule has 5 nitrogen and oxygen atoms in total. The van der Waals surface area contributed by atoms with Crippen LogP contribution in [0.1, 0.15) is 177 Å². The van der Waals surface area contributed by atoms with Gasteiger partial charge >= 0.3 is 7.60 Å². The second-order valence-corrected chi connectivity index (χ2v) is 19.8. The van der Waals surface area contributed by atoms with Gasteiger partial charge in [0, 0.05) is 0 Å². The van der Waals surface area contributed by atoms with Gasteiger partial charge in [0.25, 0.3) is 0 Å². The SMILES string of the molecule is CCOP(=O)(OCC)c1cc(OC)c(C)cc1-c1c(C(C)C)cc(C(C)C)cc1C(C)C.COc1cc(P)c(-c2c(C(C)C)cc(C(C)C)cc2C(C)C)cc1C. The molecule has 0 heterocycles. The van der Waals surface area contributed by atoms with Crippen molar-refractivity contribution < 1.29 is 23.1 Å². The molecule has 0 saturated carbocycles. The van der Waals surface area contributed by atoms with Crippen molar-refractivity contribution in [3.05, 3.63) is 93.0 Å². The summed E-state index contributed by atoms with van der Waals surface area (Å²) in [5, 5.41) is 1.77. The molecule has 0 aromatic heterocycles. The fourth-order valence-electron chi connectivity index (χ4n) is 7.51. The minimum Gasteiger partial charge on any atom is -0.496 e. The van der Waals surface area contributed by atoms with Crippen LogP contribution in [-0.2, 0) is 13.6 Å². The summed E-state index contributed by atoms with van der Waals surface area (Å²) in [6.07, 6.45) is 0. The summed E-state index contributed by atoms with van der Waals surface area (Å²) in [6.45, 7) is 35.5. The Balaban J connectivity index is 0.000000315. The average molecular weight is 817 g/mol. The van der Waals surface area contributed by atoms with Gasteiger partial charge < -0.3 is 18.5 Å². The topological polar surface area (TPSA) is 54.0 Å². The molecule has 0 aliphatic rings. The van der Waals surface area contributed by atoms with Gasteiger partial charge in [0.05, 0.1) is 32.7 Å². The van der Waals surface area contributed by atoms with Crippen molar-refractivity contribution in [3.8, 4) is 33.8 Å². The Kier molecular flexibility index (Phi) is 17.7. The predicted octanol–water partition coefficient (Wildman–Crippen LogP) is 14.5. The van der Waals surface area contributed by atoms with Crippen molar-refractivity contribution in [1.29, 1.82) is 0 Å². The Morgan fingerprint density at radius 1 is 0.509 bits per heavy atom. The Morgan fingerprint density at radius 3 is 1.16 bits per heavy atom. The number of benzene rings is 4. The van der Waals surface area contributed by atoms with E-state index in [2.05, 4.69) is 142 Å². The van der Waals surface area contributed by atoms with E-state index in [9.17, 15) is 4.57 Å². The van der Waals surface area contributed by atoms with E-state index in [1.54, 1.807) is 14.2 Å². The molecule has 0 aliphatic carbocycles. The molecule has 1 unspecified atom stereocenters. The summed E-state index contributed by atoms with van der Waals surface area (Å²) in [4.78, 5) is 0. The van der Waals surface area contributed by atoms with E-state index >= 15 is 0 Å². The Labute approximate surface area is 349 Å². The van der Waals surface area contributed by atoms with E-state index in [0.717, 1.165) is 22.4 Å². The Morgan fingerprint density at radius 2 is 0.842 bits per heavy atom. The second kappa shape index (κ2) is 20.8. The Hall–Kier alpha value is -2.94. The third-order valence-electron chi connectivity index (χ3n) is 10.8. The maximum atomic E-state index is 14.0. The first-order valence-corrected chi connectivity index (χ1v) is 23.2. The molecule has 4 aromatic rings. The molecule has 57 heavy (non-hydrogen) atoms. The molecule has 1 atom stereocenters. The predicted molar refractivity (Wildman–Crippen MR) is 251 cm³/mol. The monoisotopic (exact) mass is 817 g/mol. The van der Waals surface area contributed by atoms with E-state index in [-0.39, 0.29) is 0 Å². The summed E-state index contributed by atoms with van der Waals surface area (Å²) < 4.78 is 36.7. The van der Waals surface area contributed by atoms with Gasteiger partial charge in [-0.25, -0.2) is 0 Å².